The van der Waals surface area contributed by atoms with Crippen LogP contribution in [-0.2, 0) is 6.42 Å². The molecule has 0 amide bonds. The molecule has 0 saturated carbocycles. The molecule has 146 valence electrons. The number of benzene rings is 1. The summed E-state index contributed by atoms with van der Waals surface area (Å²) < 4.78 is 5.41. The van der Waals surface area contributed by atoms with Gasteiger partial charge in [-0.3, -0.25) is 15.5 Å². The van der Waals surface area contributed by atoms with Crippen molar-refractivity contribution in [2.45, 2.75) is 71.1 Å². The molecule has 0 aromatic heterocycles. The Morgan fingerprint density at radius 3 is 2.88 bits per heavy atom. The SMILES string of the molecule is COc1ccc2c(c1)CCN1C(NCCCCCCC(C)C)NCCC21. The van der Waals surface area contributed by atoms with Gasteiger partial charge in [-0.25, -0.2) is 0 Å². The molecule has 0 spiro atoms. The number of rotatable bonds is 9. The summed E-state index contributed by atoms with van der Waals surface area (Å²) in [5.74, 6) is 1.83. The predicted octanol–water partition coefficient (Wildman–Crippen LogP) is 4.07. The van der Waals surface area contributed by atoms with Gasteiger partial charge in [0.05, 0.1) is 7.11 Å². The normalized spacial score (nSPS) is 22.9. The van der Waals surface area contributed by atoms with E-state index in [2.05, 4.69) is 47.6 Å². The average molecular weight is 360 g/mol. The summed E-state index contributed by atoms with van der Waals surface area (Å²) in [6.07, 6.45) is 9.37. The lowest BCUT2D eigenvalue weighted by molar-refractivity contribution is 0.0406. The number of ether oxygens (including phenoxy) is 1. The molecule has 1 aromatic carbocycles. The molecular formula is C22H37N3O. The van der Waals surface area contributed by atoms with Crippen LogP contribution in [0.3, 0.4) is 0 Å². The maximum atomic E-state index is 5.41. The van der Waals surface area contributed by atoms with Crippen LogP contribution in [0.2, 0.25) is 0 Å². The first-order chi connectivity index (χ1) is 12.7. The van der Waals surface area contributed by atoms with Crippen molar-refractivity contribution in [1.29, 1.82) is 0 Å². The predicted molar refractivity (Wildman–Crippen MR) is 108 cm³/mol. The number of hydrogen-bond acceptors (Lipinski definition) is 4. The first-order valence-corrected chi connectivity index (χ1v) is 10.6. The Morgan fingerprint density at radius 1 is 1.23 bits per heavy atom. The highest BCUT2D eigenvalue weighted by Crippen LogP contribution is 2.36. The monoisotopic (exact) mass is 359 g/mol. The Labute approximate surface area is 159 Å². The number of hydrogen-bond donors (Lipinski definition) is 2. The van der Waals surface area contributed by atoms with Crippen LogP contribution in [0.25, 0.3) is 0 Å². The van der Waals surface area contributed by atoms with E-state index in [4.69, 9.17) is 4.74 Å². The third-order valence-electron chi connectivity index (χ3n) is 5.88. The Bertz CT molecular complexity index is 560. The molecule has 0 bridgehead atoms. The van der Waals surface area contributed by atoms with Crippen LogP contribution >= 0.6 is 0 Å². The Kier molecular flexibility index (Phi) is 7.35. The van der Waals surface area contributed by atoms with E-state index in [0.29, 0.717) is 12.3 Å². The largest absolute Gasteiger partial charge is 0.497 e. The van der Waals surface area contributed by atoms with Crippen LogP contribution in [0.1, 0.15) is 69.5 Å². The standard InChI is InChI=1S/C22H37N3O/c1-17(2)8-6-4-5-7-13-23-22-24-14-11-21-20-10-9-19(26-3)16-18(20)12-15-25(21)22/h9-10,16-17,21-24H,4-8,11-15H2,1-3H3. The fourth-order valence-electron chi connectivity index (χ4n) is 4.40. The van der Waals surface area contributed by atoms with E-state index in [1.54, 1.807) is 7.11 Å². The Morgan fingerprint density at radius 2 is 2.08 bits per heavy atom. The van der Waals surface area contributed by atoms with Gasteiger partial charge in [0.25, 0.3) is 0 Å². The molecule has 3 rings (SSSR count). The van der Waals surface area contributed by atoms with E-state index in [9.17, 15) is 0 Å². The molecule has 4 heteroatoms. The van der Waals surface area contributed by atoms with Gasteiger partial charge < -0.3 is 4.74 Å². The van der Waals surface area contributed by atoms with Crippen molar-refractivity contribution in [3.05, 3.63) is 29.3 Å². The summed E-state index contributed by atoms with van der Waals surface area (Å²) in [6, 6.07) is 7.16. The summed E-state index contributed by atoms with van der Waals surface area (Å²) >= 11 is 0. The third-order valence-corrected chi connectivity index (χ3v) is 5.88. The highest BCUT2D eigenvalue weighted by Gasteiger charge is 2.34. The second kappa shape index (κ2) is 9.72. The lowest BCUT2D eigenvalue weighted by Crippen LogP contribution is -2.61. The smallest absolute Gasteiger partial charge is 0.119 e. The van der Waals surface area contributed by atoms with Crippen LogP contribution in [0.5, 0.6) is 5.75 Å². The first kappa shape index (κ1) is 19.7. The second-order valence-corrected chi connectivity index (χ2v) is 8.26. The van der Waals surface area contributed by atoms with Gasteiger partial charge in [-0.1, -0.05) is 45.6 Å². The van der Waals surface area contributed by atoms with E-state index >= 15 is 0 Å². The van der Waals surface area contributed by atoms with Gasteiger partial charge in [0.2, 0.25) is 0 Å². The number of nitrogens with zero attached hydrogens (tertiary/aromatic N) is 1. The molecule has 2 heterocycles. The summed E-state index contributed by atoms with van der Waals surface area (Å²) in [7, 11) is 1.75. The van der Waals surface area contributed by atoms with Gasteiger partial charge in [-0.05, 0) is 61.5 Å². The number of fused-ring (bicyclic) bond motifs is 3. The molecule has 0 aliphatic carbocycles. The molecule has 26 heavy (non-hydrogen) atoms. The van der Waals surface area contributed by atoms with Gasteiger partial charge in [0.15, 0.2) is 0 Å². The summed E-state index contributed by atoms with van der Waals surface area (Å²) in [5.41, 5.74) is 2.97. The van der Waals surface area contributed by atoms with Crippen LogP contribution < -0.4 is 15.4 Å². The summed E-state index contributed by atoms with van der Waals surface area (Å²) in [6.45, 7) is 7.94. The number of nitrogens with one attached hydrogen (secondary N) is 2. The van der Waals surface area contributed by atoms with E-state index in [1.807, 2.05) is 0 Å². The minimum absolute atomic E-state index is 0.319. The quantitative estimate of drug-likeness (QED) is 0.652. The minimum atomic E-state index is 0.319. The topological polar surface area (TPSA) is 36.5 Å². The summed E-state index contributed by atoms with van der Waals surface area (Å²) in [5, 5.41) is 7.44. The van der Waals surface area contributed by atoms with Crippen LogP contribution in [-0.4, -0.2) is 37.9 Å². The van der Waals surface area contributed by atoms with Crippen LogP contribution in [0, 0.1) is 5.92 Å². The van der Waals surface area contributed by atoms with E-state index in [0.717, 1.165) is 37.7 Å². The average Bonchev–Trinajstić information content (AvgIpc) is 2.66. The molecule has 2 aliphatic rings. The van der Waals surface area contributed by atoms with E-state index in [-0.39, 0.29) is 0 Å². The molecule has 1 saturated heterocycles. The van der Waals surface area contributed by atoms with Crippen molar-refractivity contribution < 1.29 is 4.74 Å². The second-order valence-electron chi connectivity index (χ2n) is 8.26. The van der Waals surface area contributed by atoms with Gasteiger partial charge in [-0.15, -0.1) is 0 Å². The van der Waals surface area contributed by atoms with Crippen LogP contribution in [0.15, 0.2) is 18.2 Å². The van der Waals surface area contributed by atoms with Crippen molar-refractivity contribution in [1.82, 2.24) is 15.5 Å². The molecule has 2 aliphatic heterocycles. The lowest BCUT2D eigenvalue weighted by Gasteiger charge is -2.46. The van der Waals surface area contributed by atoms with Crippen molar-refractivity contribution in [3.63, 3.8) is 0 Å². The summed E-state index contributed by atoms with van der Waals surface area (Å²) in [4.78, 5) is 2.62. The van der Waals surface area contributed by atoms with Crippen molar-refractivity contribution in [2.75, 3.05) is 26.7 Å². The maximum Gasteiger partial charge on any atom is 0.119 e. The molecule has 2 atom stereocenters. The van der Waals surface area contributed by atoms with Crippen molar-refractivity contribution >= 4 is 0 Å². The fraction of sp³-hybridized carbons (Fsp3) is 0.727. The molecule has 4 nitrogen and oxygen atoms in total. The zero-order valence-corrected chi connectivity index (χ0v) is 16.9. The third kappa shape index (κ3) is 4.99. The first-order valence-electron chi connectivity index (χ1n) is 10.6. The van der Waals surface area contributed by atoms with Crippen LogP contribution in [0.4, 0.5) is 0 Å². The minimum Gasteiger partial charge on any atom is -0.497 e. The molecule has 2 N–H and O–H groups in total. The number of methoxy groups -OCH3 is 1. The molecular weight excluding hydrogens is 322 g/mol. The van der Waals surface area contributed by atoms with E-state index in [1.165, 1.54) is 49.7 Å². The zero-order valence-electron chi connectivity index (χ0n) is 16.9. The highest BCUT2D eigenvalue weighted by molar-refractivity contribution is 5.39. The van der Waals surface area contributed by atoms with Gasteiger partial charge in [0.1, 0.15) is 12.0 Å². The number of unbranched alkanes of at least 4 members (excludes halogenated alkanes) is 3. The zero-order chi connectivity index (χ0) is 18.4. The molecule has 0 radical (unpaired) electrons. The molecule has 1 fully saturated rings. The van der Waals surface area contributed by atoms with Gasteiger partial charge >= 0.3 is 0 Å². The highest BCUT2D eigenvalue weighted by atomic mass is 16.5. The lowest BCUT2D eigenvalue weighted by atomic mass is 9.89. The van der Waals surface area contributed by atoms with Crippen molar-refractivity contribution in [2.24, 2.45) is 5.92 Å². The maximum absolute atomic E-state index is 5.41. The van der Waals surface area contributed by atoms with Crippen molar-refractivity contribution in [3.8, 4) is 5.75 Å². The van der Waals surface area contributed by atoms with E-state index < -0.39 is 0 Å². The van der Waals surface area contributed by atoms with Gasteiger partial charge in [-0.2, -0.15) is 0 Å². The Hall–Kier alpha value is -1.10. The van der Waals surface area contributed by atoms with Gasteiger partial charge in [0, 0.05) is 12.6 Å². The molecule has 1 aromatic rings. The molecule has 2 unspecified atom stereocenters. The Balaban J connectivity index is 1.47. The fourth-order valence-corrected chi connectivity index (χ4v) is 4.40.